The summed E-state index contributed by atoms with van der Waals surface area (Å²) in [5, 5.41) is 12.5. The molecular formula is C8H11N3O3. The van der Waals surface area contributed by atoms with E-state index >= 15 is 0 Å². The highest BCUT2D eigenvalue weighted by molar-refractivity contribution is 5.71. The summed E-state index contributed by atoms with van der Waals surface area (Å²) in [4.78, 5) is 22.0. The van der Waals surface area contributed by atoms with Crippen LogP contribution in [0, 0.1) is 6.92 Å². The van der Waals surface area contributed by atoms with Gasteiger partial charge >= 0.3 is 5.97 Å². The van der Waals surface area contributed by atoms with Gasteiger partial charge in [0.2, 0.25) is 0 Å². The number of hydrogen-bond acceptors (Lipinski definition) is 4. The van der Waals surface area contributed by atoms with Crippen molar-refractivity contribution in [3.8, 4) is 0 Å². The molecule has 1 unspecified atom stereocenters. The first-order valence-electron chi connectivity index (χ1n) is 4.04. The molecule has 0 bridgehead atoms. The number of rotatable bonds is 3. The van der Waals surface area contributed by atoms with Gasteiger partial charge in [0.1, 0.15) is 0 Å². The number of aliphatic carboxylic acids is 1. The van der Waals surface area contributed by atoms with E-state index in [-0.39, 0.29) is 6.54 Å². The summed E-state index contributed by atoms with van der Waals surface area (Å²) in [7, 11) is 0. The Morgan fingerprint density at radius 3 is 2.86 bits per heavy atom. The average molecular weight is 197 g/mol. The molecule has 0 aromatic carbocycles. The predicted octanol–water partition coefficient (Wildman–Crippen LogP) is -0.864. The summed E-state index contributed by atoms with van der Waals surface area (Å²) in [5.74, 6) is -1.16. The van der Waals surface area contributed by atoms with E-state index in [1.807, 2.05) is 0 Å². The number of aryl methyl sites for hydroxylation is 1. The van der Waals surface area contributed by atoms with Crippen LogP contribution < -0.4 is 11.3 Å². The zero-order chi connectivity index (χ0) is 10.7. The maximum Gasteiger partial charge on any atom is 0.329 e. The highest BCUT2D eigenvalue weighted by atomic mass is 16.4. The van der Waals surface area contributed by atoms with Crippen molar-refractivity contribution in [2.75, 3.05) is 6.54 Å². The second kappa shape index (κ2) is 4.01. The quantitative estimate of drug-likeness (QED) is 0.656. The third-order valence-electron chi connectivity index (χ3n) is 1.77. The topological polar surface area (TPSA) is 98.2 Å². The first-order valence-corrected chi connectivity index (χ1v) is 4.04. The number of aromatic nitrogens is 2. The van der Waals surface area contributed by atoms with Crippen molar-refractivity contribution in [2.45, 2.75) is 13.0 Å². The van der Waals surface area contributed by atoms with E-state index in [2.05, 4.69) is 5.10 Å². The van der Waals surface area contributed by atoms with E-state index in [0.29, 0.717) is 5.56 Å². The fourth-order valence-electron chi connectivity index (χ4n) is 1.05. The summed E-state index contributed by atoms with van der Waals surface area (Å²) >= 11 is 0. The van der Waals surface area contributed by atoms with Crippen LogP contribution in [0.1, 0.15) is 11.6 Å². The van der Waals surface area contributed by atoms with Gasteiger partial charge in [-0.2, -0.15) is 5.10 Å². The van der Waals surface area contributed by atoms with Crippen molar-refractivity contribution in [1.82, 2.24) is 9.78 Å². The Bertz CT molecular complexity index is 399. The number of carboxylic acids is 1. The lowest BCUT2D eigenvalue weighted by molar-refractivity contribution is -0.141. The summed E-state index contributed by atoms with van der Waals surface area (Å²) < 4.78 is 0.870. The average Bonchev–Trinajstić information content (AvgIpc) is 2.09. The van der Waals surface area contributed by atoms with E-state index in [4.69, 9.17) is 10.8 Å². The van der Waals surface area contributed by atoms with Crippen LogP contribution in [0.15, 0.2) is 17.1 Å². The predicted molar refractivity (Wildman–Crippen MR) is 49.0 cm³/mol. The highest BCUT2D eigenvalue weighted by Crippen LogP contribution is 1.99. The van der Waals surface area contributed by atoms with Crippen LogP contribution in [0.2, 0.25) is 0 Å². The summed E-state index contributed by atoms with van der Waals surface area (Å²) in [6.45, 7) is 1.54. The van der Waals surface area contributed by atoms with Crippen LogP contribution in [0.3, 0.4) is 0 Å². The molecule has 0 aliphatic rings. The van der Waals surface area contributed by atoms with Crippen LogP contribution in [-0.2, 0) is 4.79 Å². The number of nitrogens with zero attached hydrogens (tertiary/aromatic N) is 2. The molecule has 0 saturated heterocycles. The Morgan fingerprint density at radius 2 is 2.43 bits per heavy atom. The molecule has 6 heteroatoms. The van der Waals surface area contributed by atoms with Crippen LogP contribution in [-0.4, -0.2) is 27.4 Å². The zero-order valence-corrected chi connectivity index (χ0v) is 7.67. The monoisotopic (exact) mass is 197 g/mol. The van der Waals surface area contributed by atoms with Crippen molar-refractivity contribution in [3.05, 3.63) is 28.2 Å². The van der Waals surface area contributed by atoms with Crippen molar-refractivity contribution in [3.63, 3.8) is 0 Å². The molecule has 6 nitrogen and oxygen atoms in total. The molecule has 0 radical (unpaired) electrons. The van der Waals surface area contributed by atoms with Gasteiger partial charge < -0.3 is 10.8 Å². The fourth-order valence-corrected chi connectivity index (χ4v) is 1.05. The Kier molecular flexibility index (Phi) is 2.98. The van der Waals surface area contributed by atoms with E-state index in [0.717, 1.165) is 4.68 Å². The molecule has 14 heavy (non-hydrogen) atoms. The minimum Gasteiger partial charge on any atom is -0.480 e. The molecule has 0 aliphatic carbocycles. The second-order valence-electron chi connectivity index (χ2n) is 2.91. The van der Waals surface area contributed by atoms with Gasteiger partial charge in [-0.25, -0.2) is 9.48 Å². The number of carboxylic acid groups (broad SMARTS) is 1. The lowest BCUT2D eigenvalue weighted by atomic mass is 10.3. The van der Waals surface area contributed by atoms with Crippen molar-refractivity contribution < 1.29 is 9.90 Å². The van der Waals surface area contributed by atoms with Crippen LogP contribution in [0.4, 0.5) is 0 Å². The number of nitrogens with two attached hydrogens (primary N) is 1. The number of carbonyl (C=O) groups is 1. The molecule has 1 aromatic heterocycles. The molecule has 0 amide bonds. The molecule has 1 aromatic rings. The fraction of sp³-hybridized carbons (Fsp3) is 0.375. The molecule has 1 rings (SSSR count). The third-order valence-corrected chi connectivity index (χ3v) is 1.77. The molecule has 0 fully saturated rings. The van der Waals surface area contributed by atoms with E-state index in [1.54, 1.807) is 6.92 Å². The lowest BCUT2D eigenvalue weighted by Crippen LogP contribution is -2.36. The van der Waals surface area contributed by atoms with Crippen LogP contribution >= 0.6 is 0 Å². The minimum absolute atomic E-state index is 0.161. The van der Waals surface area contributed by atoms with Gasteiger partial charge in [0.05, 0.1) is 6.20 Å². The lowest BCUT2D eigenvalue weighted by Gasteiger charge is -2.11. The molecular weight excluding hydrogens is 186 g/mol. The smallest absolute Gasteiger partial charge is 0.329 e. The van der Waals surface area contributed by atoms with E-state index in [9.17, 15) is 9.59 Å². The number of hydrogen-bond donors (Lipinski definition) is 2. The Labute approximate surface area is 80.0 Å². The van der Waals surface area contributed by atoms with Crippen molar-refractivity contribution in [1.29, 1.82) is 0 Å². The van der Waals surface area contributed by atoms with E-state index < -0.39 is 17.6 Å². The van der Waals surface area contributed by atoms with Crippen molar-refractivity contribution in [2.24, 2.45) is 5.73 Å². The highest BCUT2D eigenvalue weighted by Gasteiger charge is 2.19. The third kappa shape index (κ3) is 1.97. The maximum atomic E-state index is 11.3. The van der Waals surface area contributed by atoms with Gasteiger partial charge in [-0.15, -0.1) is 0 Å². The van der Waals surface area contributed by atoms with Gasteiger partial charge in [0.15, 0.2) is 6.04 Å². The summed E-state index contributed by atoms with van der Waals surface area (Å²) in [6.07, 6.45) is 1.42. The van der Waals surface area contributed by atoms with Gasteiger partial charge in [-0.05, 0) is 12.5 Å². The molecule has 1 atom stereocenters. The Balaban J connectivity index is 3.18. The maximum absolute atomic E-state index is 11.3. The Hall–Kier alpha value is -1.69. The minimum atomic E-state index is -1.16. The molecule has 0 spiro atoms. The normalized spacial score (nSPS) is 12.4. The largest absolute Gasteiger partial charge is 0.480 e. The molecule has 76 valence electrons. The zero-order valence-electron chi connectivity index (χ0n) is 7.67. The molecule has 1 heterocycles. The molecule has 0 saturated carbocycles. The first kappa shape index (κ1) is 10.4. The summed E-state index contributed by atoms with van der Waals surface area (Å²) in [5.41, 5.74) is 5.46. The Morgan fingerprint density at radius 1 is 1.79 bits per heavy atom. The van der Waals surface area contributed by atoms with E-state index in [1.165, 1.54) is 12.3 Å². The van der Waals surface area contributed by atoms with Gasteiger partial charge in [-0.1, -0.05) is 0 Å². The molecule has 0 aliphatic heterocycles. The molecule has 3 N–H and O–H groups in total. The van der Waals surface area contributed by atoms with Crippen LogP contribution in [0.5, 0.6) is 0 Å². The standard InChI is InChI=1S/C8H11N3O3/c1-5-2-7(12)11(10-4-5)6(3-9)8(13)14/h2,4,6H,3,9H2,1H3,(H,13,14). The SMILES string of the molecule is Cc1cnn(C(CN)C(=O)O)c(=O)c1. The van der Waals surface area contributed by atoms with Gasteiger partial charge in [-0.3, -0.25) is 4.79 Å². The van der Waals surface area contributed by atoms with Crippen LogP contribution in [0.25, 0.3) is 0 Å². The van der Waals surface area contributed by atoms with Gasteiger partial charge in [0.25, 0.3) is 5.56 Å². The first-order chi connectivity index (χ1) is 6.56. The van der Waals surface area contributed by atoms with Gasteiger partial charge in [0, 0.05) is 12.6 Å². The van der Waals surface area contributed by atoms with Crippen molar-refractivity contribution >= 4 is 5.97 Å². The second-order valence-corrected chi connectivity index (χ2v) is 2.91. The summed E-state index contributed by atoms with van der Waals surface area (Å²) in [6, 6.07) is 0.224.